The summed E-state index contributed by atoms with van der Waals surface area (Å²) in [6, 6.07) is 0. The first-order valence-corrected chi connectivity index (χ1v) is 4.15. The molecule has 1 nitrogen and oxygen atoms in total. The van der Waals surface area contributed by atoms with Gasteiger partial charge in [0, 0.05) is 11.9 Å². The molecular weight excluding hydrogens is 168 g/mol. The zero-order valence-corrected chi connectivity index (χ0v) is 6.39. The van der Waals surface area contributed by atoms with Gasteiger partial charge >= 0.3 is 0 Å². The molecule has 8 heavy (non-hydrogen) atoms. The molecule has 0 atom stereocenters. The summed E-state index contributed by atoms with van der Waals surface area (Å²) in [5, 5.41) is 9.70. The highest BCUT2D eigenvalue weighted by Gasteiger charge is 2.26. The van der Waals surface area contributed by atoms with Gasteiger partial charge in [-0.05, 0) is 24.7 Å². The smallest absolute Gasteiger partial charge is 0.0459 e. The van der Waals surface area contributed by atoms with Gasteiger partial charge in [-0.2, -0.15) is 0 Å². The molecule has 0 radical (unpaired) electrons. The van der Waals surface area contributed by atoms with Crippen LogP contribution >= 0.6 is 15.9 Å². The normalized spacial score (nSPS) is 36.8. The molecule has 0 bridgehead atoms. The van der Waals surface area contributed by atoms with Crippen LogP contribution in [0, 0.1) is 11.8 Å². The van der Waals surface area contributed by atoms with Crippen molar-refractivity contribution in [2.45, 2.75) is 12.8 Å². The van der Waals surface area contributed by atoms with E-state index in [1.54, 1.807) is 0 Å². The number of halogens is 1. The molecule has 1 aliphatic rings. The molecule has 0 amide bonds. The number of hydrogen-bond donors (Lipinski definition) is 1. The van der Waals surface area contributed by atoms with Crippen molar-refractivity contribution in [2.75, 3.05) is 11.9 Å². The van der Waals surface area contributed by atoms with Gasteiger partial charge in [-0.15, -0.1) is 0 Å². The number of rotatable bonds is 2. The van der Waals surface area contributed by atoms with E-state index in [0.29, 0.717) is 12.5 Å². The Morgan fingerprint density at radius 3 is 2.38 bits per heavy atom. The van der Waals surface area contributed by atoms with Gasteiger partial charge in [0.2, 0.25) is 0 Å². The zero-order chi connectivity index (χ0) is 5.98. The van der Waals surface area contributed by atoms with Gasteiger partial charge in [-0.3, -0.25) is 0 Å². The fraction of sp³-hybridized carbons (Fsp3) is 1.00. The Morgan fingerprint density at radius 2 is 2.00 bits per heavy atom. The molecule has 2 heteroatoms. The van der Waals surface area contributed by atoms with Crippen molar-refractivity contribution in [1.82, 2.24) is 0 Å². The van der Waals surface area contributed by atoms with Crippen LogP contribution in [0.15, 0.2) is 0 Å². The first kappa shape index (κ1) is 6.56. The van der Waals surface area contributed by atoms with Crippen LogP contribution in [0.2, 0.25) is 0 Å². The lowest BCUT2D eigenvalue weighted by atomic mass is 9.77. The summed E-state index contributed by atoms with van der Waals surface area (Å²) in [4.78, 5) is 0. The third-order valence-electron chi connectivity index (χ3n) is 1.81. The second-order valence-corrected chi connectivity index (χ2v) is 3.19. The van der Waals surface area contributed by atoms with E-state index in [9.17, 15) is 0 Å². The van der Waals surface area contributed by atoms with E-state index in [4.69, 9.17) is 5.11 Å². The predicted octanol–water partition coefficient (Wildman–Crippen LogP) is 1.40. The Kier molecular flexibility index (Phi) is 2.32. The Bertz CT molecular complexity index is 60.9. The van der Waals surface area contributed by atoms with Crippen molar-refractivity contribution in [1.29, 1.82) is 0 Å². The molecule has 1 saturated carbocycles. The van der Waals surface area contributed by atoms with Gasteiger partial charge in [0.1, 0.15) is 0 Å². The summed E-state index contributed by atoms with van der Waals surface area (Å²) >= 11 is 3.40. The van der Waals surface area contributed by atoms with Crippen LogP contribution < -0.4 is 0 Å². The van der Waals surface area contributed by atoms with Crippen molar-refractivity contribution in [3.8, 4) is 0 Å². The van der Waals surface area contributed by atoms with E-state index in [2.05, 4.69) is 15.9 Å². The van der Waals surface area contributed by atoms with Gasteiger partial charge in [0.05, 0.1) is 0 Å². The van der Waals surface area contributed by atoms with Crippen LogP contribution in [-0.4, -0.2) is 17.0 Å². The highest BCUT2D eigenvalue weighted by Crippen LogP contribution is 2.33. The molecule has 0 unspecified atom stereocenters. The van der Waals surface area contributed by atoms with Crippen LogP contribution in [0.1, 0.15) is 12.8 Å². The molecule has 1 rings (SSSR count). The third kappa shape index (κ3) is 1.23. The Morgan fingerprint density at radius 1 is 1.38 bits per heavy atom. The van der Waals surface area contributed by atoms with Gasteiger partial charge < -0.3 is 5.11 Å². The third-order valence-corrected chi connectivity index (χ3v) is 2.73. The molecule has 48 valence electrons. The minimum absolute atomic E-state index is 0.392. The summed E-state index contributed by atoms with van der Waals surface area (Å²) in [5.74, 6) is 1.48. The molecule has 0 aromatic rings. The quantitative estimate of drug-likeness (QED) is 0.635. The standard InChI is InChI=1S/C6H11BrO/c7-3-5-1-6(2-5)4-8/h5-6,8H,1-4H2. The molecule has 1 aliphatic carbocycles. The molecule has 0 spiro atoms. The molecule has 1 fully saturated rings. The average molecular weight is 179 g/mol. The molecule has 0 aromatic heterocycles. The Hall–Kier alpha value is 0.440. The predicted molar refractivity (Wildman–Crippen MR) is 37.1 cm³/mol. The summed E-state index contributed by atoms with van der Waals surface area (Å²) in [5.41, 5.74) is 0. The van der Waals surface area contributed by atoms with E-state index in [1.165, 1.54) is 12.8 Å². The van der Waals surface area contributed by atoms with E-state index >= 15 is 0 Å². The number of alkyl halides is 1. The molecule has 0 aliphatic heterocycles. The minimum atomic E-state index is 0.392. The van der Waals surface area contributed by atoms with Gasteiger partial charge in [-0.25, -0.2) is 0 Å². The maximum atomic E-state index is 8.58. The van der Waals surface area contributed by atoms with E-state index in [-0.39, 0.29) is 0 Å². The highest BCUT2D eigenvalue weighted by atomic mass is 79.9. The maximum absolute atomic E-state index is 8.58. The topological polar surface area (TPSA) is 20.2 Å². The first-order chi connectivity index (χ1) is 3.86. The number of hydrogen-bond acceptors (Lipinski definition) is 1. The molecule has 1 N–H and O–H groups in total. The van der Waals surface area contributed by atoms with Crippen LogP contribution in [0.5, 0.6) is 0 Å². The lowest BCUT2D eigenvalue weighted by molar-refractivity contribution is 0.120. The molecule has 0 saturated heterocycles. The van der Waals surface area contributed by atoms with Gasteiger partial charge in [-0.1, -0.05) is 15.9 Å². The van der Waals surface area contributed by atoms with Crippen molar-refractivity contribution < 1.29 is 5.11 Å². The van der Waals surface area contributed by atoms with Crippen LogP contribution in [-0.2, 0) is 0 Å². The second-order valence-electron chi connectivity index (χ2n) is 2.54. The summed E-state index contributed by atoms with van der Waals surface area (Å²) in [6.07, 6.45) is 2.45. The number of aliphatic hydroxyl groups excluding tert-OH is 1. The molecular formula is C6H11BrO. The highest BCUT2D eigenvalue weighted by molar-refractivity contribution is 9.09. The summed E-state index contributed by atoms with van der Waals surface area (Å²) in [6.45, 7) is 0.392. The van der Waals surface area contributed by atoms with Crippen LogP contribution in [0.25, 0.3) is 0 Å². The Balaban J connectivity index is 2.03. The first-order valence-electron chi connectivity index (χ1n) is 3.03. The lowest BCUT2D eigenvalue weighted by Gasteiger charge is -2.32. The van der Waals surface area contributed by atoms with Crippen molar-refractivity contribution in [2.24, 2.45) is 11.8 Å². The lowest BCUT2D eigenvalue weighted by Crippen LogP contribution is -2.27. The SMILES string of the molecule is OCC1CC(CBr)C1. The number of aliphatic hydroxyl groups is 1. The van der Waals surface area contributed by atoms with E-state index < -0.39 is 0 Å². The molecule has 0 aromatic carbocycles. The monoisotopic (exact) mass is 178 g/mol. The maximum Gasteiger partial charge on any atom is 0.0459 e. The largest absolute Gasteiger partial charge is 0.396 e. The van der Waals surface area contributed by atoms with Crippen molar-refractivity contribution >= 4 is 15.9 Å². The fourth-order valence-electron chi connectivity index (χ4n) is 1.15. The zero-order valence-electron chi connectivity index (χ0n) is 4.81. The summed E-state index contributed by atoms with van der Waals surface area (Å²) in [7, 11) is 0. The van der Waals surface area contributed by atoms with E-state index in [0.717, 1.165) is 11.2 Å². The van der Waals surface area contributed by atoms with Gasteiger partial charge in [0.25, 0.3) is 0 Å². The fourth-order valence-corrected chi connectivity index (χ4v) is 1.68. The summed E-state index contributed by atoms with van der Waals surface area (Å²) < 4.78 is 0. The van der Waals surface area contributed by atoms with Gasteiger partial charge in [0.15, 0.2) is 0 Å². The minimum Gasteiger partial charge on any atom is -0.396 e. The van der Waals surface area contributed by atoms with Crippen LogP contribution in [0.3, 0.4) is 0 Å². The average Bonchev–Trinajstić information content (AvgIpc) is 1.65. The van der Waals surface area contributed by atoms with E-state index in [1.807, 2.05) is 0 Å². The van der Waals surface area contributed by atoms with Crippen molar-refractivity contribution in [3.63, 3.8) is 0 Å². The van der Waals surface area contributed by atoms with Crippen molar-refractivity contribution in [3.05, 3.63) is 0 Å². The molecule has 0 heterocycles. The second kappa shape index (κ2) is 2.83. The Labute approximate surface area is 58.2 Å². The van der Waals surface area contributed by atoms with Crippen LogP contribution in [0.4, 0.5) is 0 Å².